The predicted octanol–water partition coefficient (Wildman–Crippen LogP) is -3.74. The van der Waals surface area contributed by atoms with Crippen LogP contribution < -0.4 is 45.6 Å². The summed E-state index contributed by atoms with van der Waals surface area (Å²) in [6, 6.07) is -0.891. The molecule has 12 heavy (non-hydrogen) atoms. The van der Waals surface area contributed by atoms with Gasteiger partial charge in [0, 0.05) is 0 Å². The fraction of sp³-hybridized carbons (Fsp3) is 0.500. The molecule has 0 spiro atoms. The maximum absolute atomic E-state index is 10.6. The molecule has 2 amide bonds. The van der Waals surface area contributed by atoms with Gasteiger partial charge in [-0.3, -0.25) is 0 Å². The van der Waals surface area contributed by atoms with E-state index in [4.69, 9.17) is 0 Å². The fourth-order valence-corrected chi connectivity index (χ4v) is 0.458. The Morgan fingerprint density at radius 3 is 2.33 bits per heavy atom. The number of nitrogens with zero attached hydrogens (tertiary/aromatic N) is 1. The number of carbonyl (C=O) groups is 1. The molecule has 1 atom stereocenters. The minimum Gasteiger partial charge on any atom is -0.795 e. The first kappa shape index (κ1) is 14.6. The van der Waals surface area contributed by atoms with Crippen LogP contribution in [0.15, 0.2) is 5.10 Å². The van der Waals surface area contributed by atoms with Crippen molar-refractivity contribution in [1.82, 2.24) is 5.43 Å². The van der Waals surface area contributed by atoms with Crippen molar-refractivity contribution in [3.8, 4) is 0 Å². The van der Waals surface area contributed by atoms with E-state index in [0.29, 0.717) is 0 Å². The topological polar surface area (TPSA) is 108 Å². The minimum absolute atomic E-state index is 0. The zero-order chi connectivity index (χ0) is 9.07. The number of primary amides is 1. The van der Waals surface area contributed by atoms with Crippen LogP contribution in [0.2, 0.25) is 0 Å². The number of hydrazone groups is 1. The van der Waals surface area contributed by atoms with E-state index in [-0.39, 0.29) is 35.0 Å². The number of hydrogen-bond acceptors (Lipinski definition) is 4. The standard InChI is InChI=1S/C4H10N3O3P.Na/c1-3(11(2,9)10)6-7-4(5)8;/h1-2H3,(H,9,10)(H3,5,7,8);/q;+1/p-1/b6-3+;. The number of carbonyl (C=O) groups excluding carboxylic acids is 1. The summed E-state index contributed by atoms with van der Waals surface area (Å²) in [7, 11) is -3.58. The van der Waals surface area contributed by atoms with Crippen LogP contribution in [0.5, 0.6) is 0 Å². The summed E-state index contributed by atoms with van der Waals surface area (Å²) in [5, 5.41) is 3.21. The molecule has 6 nitrogen and oxygen atoms in total. The zero-order valence-corrected chi connectivity index (χ0v) is 10.1. The van der Waals surface area contributed by atoms with E-state index in [1.54, 1.807) is 5.43 Å². The molecule has 0 fully saturated rings. The Hall–Kier alpha value is 0.130. The molecule has 0 aromatic heterocycles. The zero-order valence-electron chi connectivity index (χ0n) is 7.20. The van der Waals surface area contributed by atoms with Gasteiger partial charge in [0.25, 0.3) is 0 Å². The molecule has 0 aliphatic heterocycles. The summed E-state index contributed by atoms with van der Waals surface area (Å²) in [4.78, 5) is 20.7. The summed E-state index contributed by atoms with van der Waals surface area (Å²) in [6.45, 7) is 2.28. The molecule has 0 aliphatic carbocycles. The van der Waals surface area contributed by atoms with E-state index >= 15 is 0 Å². The van der Waals surface area contributed by atoms with Crippen molar-refractivity contribution in [3.63, 3.8) is 0 Å². The van der Waals surface area contributed by atoms with Gasteiger partial charge in [0.15, 0.2) is 0 Å². The van der Waals surface area contributed by atoms with Gasteiger partial charge in [0.2, 0.25) is 0 Å². The van der Waals surface area contributed by atoms with Crippen molar-refractivity contribution in [3.05, 3.63) is 0 Å². The maximum atomic E-state index is 10.6. The Bertz CT molecular complexity index is 236. The first-order valence-electron chi connectivity index (χ1n) is 2.73. The molecule has 0 aliphatic rings. The third-order valence-electron chi connectivity index (χ3n) is 0.916. The largest absolute Gasteiger partial charge is 1.00 e. The van der Waals surface area contributed by atoms with Crippen molar-refractivity contribution in [2.75, 3.05) is 6.66 Å². The van der Waals surface area contributed by atoms with E-state index in [0.717, 1.165) is 6.66 Å². The van der Waals surface area contributed by atoms with Gasteiger partial charge in [0.1, 0.15) is 0 Å². The number of hydrogen-bond donors (Lipinski definition) is 2. The van der Waals surface area contributed by atoms with Gasteiger partial charge in [-0.2, -0.15) is 5.10 Å². The minimum atomic E-state index is -3.58. The molecule has 0 rings (SSSR count). The fourth-order valence-electron chi connectivity index (χ4n) is 0.227. The molecule has 3 N–H and O–H groups in total. The van der Waals surface area contributed by atoms with Gasteiger partial charge in [-0.25, -0.2) is 10.2 Å². The van der Waals surface area contributed by atoms with Crippen LogP contribution in [-0.2, 0) is 4.57 Å². The van der Waals surface area contributed by atoms with Gasteiger partial charge >= 0.3 is 35.6 Å². The van der Waals surface area contributed by atoms with Crippen LogP contribution in [0.25, 0.3) is 0 Å². The van der Waals surface area contributed by atoms with E-state index in [9.17, 15) is 14.3 Å². The smallest absolute Gasteiger partial charge is 0.795 e. The van der Waals surface area contributed by atoms with Crippen LogP contribution in [0.1, 0.15) is 6.92 Å². The normalized spacial score (nSPS) is 15.8. The summed E-state index contributed by atoms with van der Waals surface area (Å²) in [6.07, 6.45) is 0. The van der Waals surface area contributed by atoms with Crippen LogP contribution in [0.3, 0.4) is 0 Å². The van der Waals surface area contributed by atoms with Crippen LogP contribution in [0, 0.1) is 0 Å². The Balaban J connectivity index is 0. The average Bonchev–Trinajstić information content (AvgIpc) is 1.80. The molecule has 0 saturated carbocycles. The number of nitrogens with one attached hydrogen (secondary N) is 1. The molecule has 64 valence electrons. The van der Waals surface area contributed by atoms with Gasteiger partial charge in [-0.05, 0) is 13.6 Å². The third kappa shape index (κ3) is 6.82. The second-order valence-corrected chi connectivity index (χ2v) is 4.32. The number of nitrogens with two attached hydrogens (primary N) is 1. The van der Waals surface area contributed by atoms with E-state index in [2.05, 4.69) is 10.8 Å². The van der Waals surface area contributed by atoms with E-state index in [1.165, 1.54) is 6.92 Å². The Labute approximate surface area is 92.3 Å². The maximum Gasteiger partial charge on any atom is 1.00 e. The Morgan fingerprint density at radius 2 is 2.08 bits per heavy atom. The molecule has 0 bridgehead atoms. The molecule has 1 unspecified atom stereocenters. The van der Waals surface area contributed by atoms with E-state index in [1.807, 2.05) is 0 Å². The SMILES string of the molecule is C/C(=N\NC(N)=O)P(C)(=O)[O-].[Na+]. The van der Waals surface area contributed by atoms with Crippen molar-refractivity contribution in [1.29, 1.82) is 0 Å². The number of rotatable bonds is 2. The van der Waals surface area contributed by atoms with Crippen molar-refractivity contribution in [2.24, 2.45) is 10.8 Å². The quantitative estimate of drug-likeness (QED) is 0.207. The van der Waals surface area contributed by atoms with E-state index < -0.39 is 13.4 Å². The molecule has 0 saturated heterocycles. The summed E-state index contributed by atoms with van der Waals surface area (Å²) in [5.41, 5.74) is 6.29. The molecule has 0 aromatic rings. The van der Waals surface area contributed by atoms with Gasteiger partial charge in [-0.15, -0.1) is 0 Å². The molecule has 8 heteroatoms. The van der Waals surface area contributed by atoms with Gasteiger partial charge in [-0.1, -0.05) is 0 Å². The molecular formula is C4H9N3NaO3P. The van der Waals surface area contributed by atoms with Crippen LogP contribution >= 0.6 is 7.37 Å². The monoisotopic (exact) mass is 201 g/mol. The second-order valence-electron chi connectivity index (χ2n) is 1.98. The summed E-state index contributed by atoms with van der Waals surface area (Å²) < 4.78 is 10.6. The molecule has 0 aromatic carbocycles. The molecular weight excluding hydrogens is 192 g/mol. The van der Waals surface area contributed by atoms with Gasteiger partial charge in [0.05, 0.1) is 12.8 Å². The van der Waals surface area contributed by atoms with Gasteiger partial charge < -0.3 is 15.2 Å². The first-order chi connectivity index (χ1) is 4.84. The average molecular weight is 201 g/mol. The molecule has 0 radical (unpaired) electrons. The second kappa shape index (κ2) is 5.72. The predicted molar refractivity (Wildman–Crippen MR) is 39.4 cm³/mol. The van der Waals surface area contributed by atoms with Crippen molar-refractivity contribution < 1.29 is 43.8 Å². The van der Waals surface area contributed by atoms with Crippen LogP contribution in [0.4, 0.5) is 4.79 Å². The summed E-state index contributed by atoms with van der Waals surface area (Å²) in [5.74, 6) is 0. The molecule has 0 heterocycles. The third-order valence-corrected chi connectivity index (χ3v) is 2.19. The summed E-state index contributed by atoms with van der Waals surface area (Å²) >= 11 is 0. The van der Waals surface area contributed by atoms with Crippen LogP contribution in [-0.4, -0.2) is 18.1 Å². The number of urea groups is 1. The van der Waals surface area contributed by atoms with Crippen molar-refractivity contribution in [2.45, 2.75) is 6.92 Å². The Morgan fingerprint density at radius 1 is 1.67 bits per heavy atom. The first-order valence-corrected chi connectivity index (χ1v) is 4.80. The van der Waals surface area contributed by atoms with Crippen molar-refractivity contribution >= 4 is 18.9 Å². The Kier molecular flexibility index (Phi) is 6.98. The number of amides is 2.